The van der Waals surface area contributed by atoms with Crippen LogP contribution in [0.4, 0.5) is 16.2 Å². The number of pyridine rings is 1. The van der Waals surface area contributed by atoms with Crippen molar-refractivity contribution in [3.05, 3.63) is 47.7 Å². The monoisotopic (exact) mass is 355 g/mol. The summed E-state index contributed by atoms with van der Waals surface area (Å²) in [7, 11) is 0. The number of aromatic nitrogens is 1. The van der Waals surface area contributed by atoms with Crippen LogP contribution in [-0.4, -0.2) is 27.3 Å². The van der Waals surface area contributed by atoms with Crippen molar-refractivity contribution >= 4 is 35.1 Å². The number of carboxylic acid groups (broad SMARTS) is 1. The predicted molar refractivity (Wildman–Crippen MR) is 95.5 cm³/mol. The SMILES string of the molecule is CC(C)c1cccc(N2C(=O)NC3c4c2ccnc4SC3C(=O)O)c1. The van der Waals surface area contributed by atoms with Gasteiger partial charge in [0, 0.05) is 11.8 Å². The molecule has 0 spiro atoms. The van der Waals surface area contributed by atoms with Crippen molar-refractivity contribution < 1.29 is 14.7 Å². The van der Waals surface area contributed by atoms with Gasteiger partial charge in [-0.15, -0.1) is 0 Å². The number of carbonyl (C=O) groups is 2. The summed E-state index contributed by atoms with van der Waals surface area (Å²) in [6.45, 7) is 4.20. The molecule has 0 saturated heterocycles. The summed E-state index contributed by atoms with van der Waals surface area (Å²) in [6.07, 6.45) is 1.63. The van der Waals surface area contributed by atoms with Crippen LogP contribution in [0.2, 0.25) is 0 Å². The molecule has 0 bridgehead atoms. The zero-order valence-corrected chi connectivity index (χ0v) is 14.6. The Kier molecular flexibility index (Phi) is 3.68. The fourth-order valence-electron chi connectivity index (χ4n) is 3.29. The lowest BCUT2D eigenvalue weighted by atomic mass is 9.99. The van der Waals surface area contributed by atoms with Crippen molar-refractivity contribution in [3.8, 4) is 0 Å². The maximum atomic E-state index is 12.8. The Balaban J connectivity index is 1.84. The Morgan fingerprint density at radius 2 is 2.16 bits per heavy atom. The molecule has 2 amide bonds. The number of carboxylic acids is 1. The molecular weight excluding hydrogens is 338 g/mol. The molecule has 2 N–H and O–H groups in total. The van der Waals surface area contributed by atoms with E-state index in [1.165, 1.54) is 11.8 Å². The van der Waals surface area contributed by atoms with Gasteiger partial charge in [0.15, 0.2) is 0 Å². The Morgan fingerprint density at radius 3 is 2.88 bits per heavy atom. The second-order valence-electron chi connectivity index (χ2n) is 6.44. The minimum atomic E-state index is -0.950. The van der Waals surface area contributed by atoms with Crippen molar-refractivity contribution in [3.63, 3.8) is 0 Å². The third-order valence-corrected chi connectivity index (χ3v) is 5.82. The number of rotatable bonds is 3. The second kappa shape index (κ2) is 5.77. The lowest BCUT2D eigenvalue weighted by molar-refractivity contribution is -0.136. The highest BCUT2D eigenvalue weighted by Crippen LogP contribution is 2.50. The largest absolute Gasteiger partial charge is 0.480 e. The minimum absolute atomic E-state index is 0.315. The molecule has 6 nitrogen and oxygen atoms in total. The smallest absolute Gasteiger partial charge is 0.327 e. The van der Waals surface area contributed by atoms with E-state index in [0.29, 0.717) is 16.6 Å². The first kappa shape index (κ1) is 16.0. The quantitative estimate of drug-likeness (QED) is 0.878. The second-order valence-corrected chi connectivity index (χ2v) is 7.57. The molecule has 1 aromatic carbocycles. The molecule has 4 rings (SSSR count). The van der Waals surface area contributed by atoms with Crippen LogP contribution >= 0.6 is 11.8 Å². The highest BCUT2D eigenvalue weighted by atomic mass is 32.2. The van der Waals surface area contributed by atoms with Crippen LogP contribution in [0.1, 0.15) is 36.9 Å². The lowest BCUT2D eigenvalue weighted by Crippen LogP contribution is -2.47. The van der Waals surface area contributed by atoms with E-state index in [9.17, 15) is 14.7 Å². The molecular formula is C18H17N3O3S. The Morgan fingerprint density at radius 1 is 1.36 bits per heavy atom. The summed E-state index contributed by atoms with van der Waals surface area (Å²) in [5, 5.41) is 12.2. The molecule has 3 heterocycles. The number of carbonyl (C=O) groups excluding carboxylic acids is 1. The molecule has 128 valence electrons. The summed E-state index contributed by atoms with van der Waals surface area (Å²) in [6, 6.07) is 8.75. The van der Waals surface area contributed by atoms with Crippen LogP contribution in [0, 0.1) is 0 Å². The van der Waals surface area contributed by atoms with Gasteiger partial charge in [0.2, 0.25) is 0 Å². The van der Waals surface area contributed by atoms with Gasteiger partial charge in [0.25, 0.3) is 0 Å². The van der Waals surface area contributed by atoms with Crippen molar-refractivity contribution in [2.24, 2.45) is 0 Å². The number of anilines is 2. The Hall–Kier alpha value is -2.54. The van der Waals surface area contributed by atoms with Gasteiger partial charge in [0.1, 0.15) is 10.3 Å². The van der Waals surface area contributed by atoms with Gasteiger partial charge < -0.3 is 10.4 Å². The topological polar surface area (TPSA) is 82.5 Å². The summed E-state index contributed by atoms with van der Waals surface area (Å²) in [5.74, 6) is -0.606. The van der Waals surface area contributed by atoms with Gasteiger partial charge in [-0.1, -0.05) is 37.7 Å². The number of nitrogens with zero attached hydrogens (tertiary/aromatic N) is 2. The number of nitrogens with one attached hydrogen (secondary N) is 1. The van der Waals surface area contributed by atoms with E-state index in [1.807, 2.05) is 24.3 Å². The normalized spacial score (nSPS) is 21.2. The Bertz CT molecular complexity index is 884. The standard InChI is InChI=1S/C18H17N3O3S/c1-9(2)10-4-3-5-11(8-10)21-12-6-7-19-16-13(12)14(20-18(21)24)15(25-16)17(22)23/h3-9,14-15H,1-2H3,(H,20,24)(H,22,23). The number of benzene rings is 1. The highest BCUT2D eigenvalue weighted by Gasteiger charge is 2.46. The van der Waals surface area contributed by atoms with E-state index in [-0.39, 0.29) is 6.03 Å². The average molecular weight is 355 g/mol. The lowest BCUT2D eigenvalue weighted by Gasteiger charge is -2.34. The zero-order valence-electron chi connectivity index (χ0n) is 13.8. The van der Waals surface area contributed by atoms with E-state index in [2.05, 4.69) is 24.1 Å². The number of urea groups is 1. The van der Waals surface area contributed by atoms with E-state index in [4.69, 9.17) is 0 Å². The number of thioether (sulfide) groups is 1. The Labute approximate surface area is 149 Å². The van der Waals surface area contributed by atoms with Crippen LogP contribution in [0.15, 0.2) is 41.6 Å². The molecule has 2 unspecified atom stereocenters. The van der Waals surface area contributed by atoms with Crippen molar-refractivity contribution in [2.75, 3.05) is 4.90 Å². The predicted octanol–water partition coefficient (Wildman–Crippen LogP) is 3.67. The molecule has 0 fully saturated rings. The molecule has 2 atom stereocenters. The molecule has 2 aliphatic rings. The van der Waals surface area contributed by atoms with Crippen LogP contribution in [0.5, 0.6) is 0 Å². The fraction of sp³-hybridized carbons (Fsp3) is 0.278. The van der Waals surface area contributed by atoms with Gasteiger partial charge >= 0.3 is 12.0 Å². The van der Waals surface area contributed by atoms with Gasteiger partial charge in [-0.05, 0) is 29.7 Å². The van der Waals surface area contributed by atoms with Crippen LogP contribution in [0.3, 0.4) is 0 Å². The molecule has 2 aromatic rings. The number of hydrogen-bond donors (Lipinski definition) is 2. The summed E-state index contributed by atoms with van der Waals surface area (Å²) in [5.41, 5.74) is 3.39. The van der Waals surface area contributed by atoms with Gasteiger partial charge in [-0.3, -0.25) is 9.69 Å². The maximum Gasteiger partial charge on any atom is 0.327 e. The van der Waals surface area contributed by atoms with E-state index in [0.717, 1.165) is 16.8 Å². The molecule has 2 aliphatic heterocycles. The van der Waals surface area contributed by atoms with Crippen LogP contribution in [0.25, 0.3) is 0 Å². The van der Waals surface area contributed by atoms with Crippen molar-refractivity contribution in [1.29, 1.82) is 0 Å². The average Bonchev–Trinajstić information content (AvgIpc) is 2.95. The molecule has 7 heteroatoms. The zero-order chi connectivity index (χ0) is 17.7. The first-order valence-electron chi connectivity index (χ1n) is 8.06. The first-order valence-corrected chi connectivity index (χ1v) is 8.94. The van der Waals surface area contributed by atoms with Gasteiger partial charge in [-0.25, -0.2) is 9.78 Å². The van der Waals surface area contributed by atoms with Crippen LogP contribution in [-0.2, 0) is 4.79 Å². The third-order valence-electron chi connectivity index (χ3n) is 4.54. The summed E-state index contributed by atoms with van der Waals surface area (Å²) >= 11 is 1.19. The summed E-state index contributed by atoms with van der Waals surface area (Å²) < 4.78 is 0. The number of amides is 2. The third kappa shape index (κ3) is 2.46. The molecule has 0 aliphatic carbocycles. The minimum Gasteiger partial charge on any atom is -0.480 e. The van der Waals surface area contributed by atoms with Crippen molar-refractivity contribution in [2.45, 2.75) is 36.1 Å². The van der Waals surface area contributed by atoms with Crippen molar-refractivity contribution in [1.82, 2.24) is 10.3 Å². The number of aliphatic carboxylic acids is 1. The molecule has 1 aromatic heterocycles. The molecule has 0 radical (unpaired) electrons. The summed E-state index contributed by atoms with van der Waals surface area (Å²) in [4.78, 5) is 30.2. The first-order chi connectivity index (χ1) is 12.0. The van der Waals surface area contributed by atoms with E-state index >= 15 is 0 Å². The van der Waals surface area contributed by atoms with Crippen LogP contribution < -0.4 is 10.2 Å². The number of hydrogen-bond acceptors (Lipinski definition) is 4. The molecule has 25 heavy (non-hydrogen) atoms. The fourth-order valence-corrected chi connectivity index (χ4v) is 4.45. The highest BCUT2D eigenvalue weighted by molar-refractivity contribution is 8.00. The van der Waals surface area contributed by atoms with Gasteiger partial charge in [0.05, 0.1) is 17.4 Å². The maximum absolute atomic E-state index is 12.8. The van der Waals surface area contributed by atoms with E-state index < -0.39 is 17.3 Å². The van der Waals surface area contributed by atoms with E-state index in [1.54, 1.807) is 17.2 Å². The molecule has 0 saturated carbocycles. The van der Waals surface area contributed by atoms with Gasteiger partial charge in [-0.2, -0.15) is 0 Å².